The van der Waals surface area contributed by atoms with Crippen molar-refractivity contribution in [1.29, 1.82) is 0 Å². The zero-order valence-corrected chi connectivity index (χ0v) is 15.7. The second kappa shape index (κ2) is 6.69. The van der Waals surface area contributed by atoms with Crippen molar-refractivity contribution in [2.45, 2.75) is 24.2 Å². The molecule has 0 saturated carbocycles. The van der Waals surface area contributed by atoms with Crippen LogP contribution in [0.4, 0.5) is 26.3 Å². The van der Waals surface area contributed by atoms with E-state index in [4.69, 9.17) is 5.14 Å². The maximum absolute atomic E-state index is 13.1. The van der Waals surface area contributed by atoms with Gasteiger partial charge in [-0.3, -0.25) is 10.1 Å². The van der Waals surface area contributed by atoms with Crippen molar-refractivity contribution in [3.05, 3.63) is 35.7 Å². The molecule has 1 atom stereocenters. The number of aryl methyl sites for hydroxylation is 1. The lowest BCUT2D eigenvalue weighted by Crippen LogP contribution is -2.19. The molecule has 3 heterocycles. The molecule has 13 heteroatoms. The molecule has 3 aromatic heterocycles. The van der Waals surface area contributed by atoms with Crippen LogP contribution in [-0.4, -0.2) is 29.1 Å². The largest absolute Gasteiger partial charge is 0.417 e. The Morgan fingerprint density at radius 1 is 1.03 bits per heavy atom. The summed E-state index contributed by atoms with van der Waals surface area (Å²) in [5.74, 6) is -0.129. The molecule has 156 valence electrons. The van der Waals surface area contributed by atoms with Crippen molar-refractivity contribution in [2.24, 2.45) is 12.2 Å². The molecule has 0 spiro atoms. The van der Waals surface area contributed by atoms with Crippen LogP contribution in [0.1, 0.15) is 18.1 Å². The second-order valence-electron chi connectivity index (χ2n) is 6.01. The molecule has 0 aliphatic heterocycles. The van der Waals surface area contributed by atoms with Crippen LogP contribution in [-0.2, 0) is 29.1 Å². The summed E-state index contributed by atoms with van der Waals surface area (Å²) in [6.07, 6.45) is -8.29. The van der Waals surface area contributed by atoms with E-state index in [-0.39, 0.29) is 22.7 Å². The molecule has 0 amide bonds. The molecule has 3 rings (SSSR count). The molecule has 29 heavy (non-hydrogen) atoms. The normalized spacial score (nSPS) is 14.8. The van der Waals surface area contributed by atoms with Gasteiger partial charge in [-0.2, -0.15) is 26.3 Å². The Bertz CT molecular complexity index is 1220. The summed E-state index contributed by atoms with van der Waals surface area (Å²) >= 11 is 0. The minimum Gasteiger partial charge on any atom is -0.310 e. The molecular formula is C16H13F6N5OS. The number of pyridine rings is 2. The smallest absolute Gasteiger partial charge is 0.310 e. The van der Waals surface area contributed by atoms with Crippen LogP contribution in [0, 0.1) is 0 Å². The summed E-state index contributed by atoms with van der Waals surface area (Å²) in [5.41, 5.74) is -2.59. The molecule has 1 unspecified atom stereocenters. The average Bonchev–Trinajstić information content (AvgIpc) is 2.96. The van der Waals surface area contributed by atoms with Gasteiger partial charge in [0.1, 0.15) is 11.2 Å². The van der Waals surface area contributed by atoms with Gasteiger partial charge in [0.2, 0.25) is 0 Å². The lowest BCUT2D eigenvalue weighted by molar-refractivity contribution is -0.138. The summed E-state index contributed by atoms with van der Waals surface area (Å²) in [6, 6.07) is 1.35. The Labute approximate surface area is 160 Å². The van der Waals surface area contributed by atoms with Gasteiger partial charge in [-0.1, -0.05) is 0 Å². The summed E-state index contributed by atoms with van der Waals surface area (Å²) in [6.45, 7) is 1.30. The Balaban J connectivity index is 2.32. The van der Waals surface area contributed by atoms with E-state index in [1.807, 2.05) is 0 Å². The van der Waals surface area contributed by atoms with Crippen LogP contribution in [0.3, 0.4) is 0 Å². The molecule has 0 aliphatic carbocycles. The highest BCUT2D eigenvalue weighted by Gasteiger charge is 2.34. The van der Waals surface area contributed by atoms with Gasteiger partial charge in [0.15, 0.2) is 11.5 Å². The Morgan fingerprint density at radius 3 is 2.14 bits per heavy atom. The third-order valence-corrected chi connectivity index (χ3v) is 5.82. The van der Waals surface area contributed by atoms with Gasteiger partial charge >= 0.3 is 12.4 Å². The molecule has 3 aromatic rings. The van der Waals surface area contributed by atoms with Crippen molar-refractivity contribution in [1.82, 2.24) is 19.5 Å². The number of halogens is 6. The first-order valence-electron chi connectivity index (χ1n) is 7.84. The van der Waals surface area contributed by atoms with Gasteiger partial charge in [-0.05, 0) is 24.4 Å². The first kappa shape index (κ1) is 21.0. The van der Waals surface area contributed by atoms with E-state index < -0.39 is 38.1 Å². The van der Waals surface area contributed by atoms with E-state index >= 15 is 0 Å². The monoisotopic (exact) mass is 437 g/mol. The van der Waals surface area contributed by atoms with Crippen LogP contribution in [0.25, 0.3) is 22.7 Å². The highest BCUT2D eigenvalue weighted by Crippen LogP contribution is 2.35. The van der Waals surface area contributed by atoms with Crippen LogP contribution in [0.2, 0.25) is 0 Å². The third kappa shape index (κ3) is 3.79. The van der Waals surface area contributed by atoms with Crippen molar-refractivity contribution in [3.8, 4) is 11.5 Å². The molecule has 0 aromatic carbocycles. The second-order valence-corrected chi connectivity index (χ2v) is 8.22. The number of nitrogens with two attached hydrogens (primary N) is 1. The Hall–Kier alpha value is -2.67. The van der Waals surface area contributed by atoms with E-state index in [0.717, 1.165) is 11.4 Å². The fraction of sp³-hybridized carbons (Fsp3) is 0.250. The highest BCUT2D eigenvalue weighted by molar-refractivity contribution is 7.99. The van der Waals surface area contributed by atoms with Gasteiger partial charge in [-0.15, -0.1) is 0 Å². The minimum absolute atomic E-state index is 0.0321. The first-order valence-corrected chi connectivity index (χ1v) is 9.53. The van der Waals surface area contributed by atoms with Gasteiger partial charge < -0.3 is 4.57 Å². The van der Waals surface area contributed by atoms with E-state index in [9.17, 15) is 30.6 Å². The topological polar surface area (TPSA) is 86.7 Å². The van der Waals surface area contributed by atoms with Crippen molar-refractivity contribution in [3.63, 3.8) is 0 Å². The number of imidazole rings is 1. The first-order chi connectivity index (χ1) is 13.3. The number of nitrogens with zero attached hydrogens (tertiary/aromatic N) is 4. The fourth-order valence-electron chi connectivity index (χ4n) is 2.58. The van der Waals surface area contributed by atoms with Crippen LogP contribution >= 0.6 is 0 Å². The highest BCUT2D eigenvalue weighted by atomic mass is 32.2. The number of rotatable bonds is 2. The van der Waals surface area contributed by atoms with Crippen LogP contribution < -0.4 is 5.14 Å². The lowest BCUT2D eigenvalue weighted by Gasteiger charge is -2.14. The summed E-state index contributed by atoms with van der Waals surface area (Å²) < 4.78 is 91.9. The SMILES string of the molecule is CC=S(N)(=O)c1cc(C(F)(F)F)cnc1-c1nc2cc(C(F)(F)F)cnc2n1C. The van der Waals surface area contributed by atoms with Gasteiger partial charge in [0.25, 0.3) is 0 Å². The predicted molar refractivity (Wildman–Crippen MR) is 94.1 cm³/mol. The predicted octanol–water partition coefficient (Wildman–Crippen LogP) is 3.41. The van der Waals surface area contributed by atoms with E-state index in [1.165, 1.54) is 18.5 Å². The quantitative estimate of drug-likeness (QED) is 0.492. The van der Waals surface area contributed by atoms with Gasteiger partial charge in [-0.25, -0.2) is 14.2 Å². The molecular weight excluding hydrogens is 424 g/mol. The number of aromatic nitrogens is 4. The molecule has 0 saturated heterocycles. The van der Waals surface area contributed by atoms with Gasteiger partial charge in [0.05, 0.1) is 25.7 Å². The number of alkyl halides is 6. The van der Waals surface area contributed by atoms with Crippen LogP contribution in [0.5, 0.6) is 0 Å². The summed E-state index contributed by atoms with van der Waals surface area (Å²) in [7, 11) is -2.15. The van der Waals surface area contributed by atoms with Gasteiger partial charge in [0, 0.05) is 19.4 Å². The number of fused-ring (bicyclic) bond motifs is 1. The lowest BCUT2D eigenvalue weighted by atomic mass is 10.2. The fourth-order valence-corrected chi connectivity index (χ4v) is 3.59. The number of hydrogen-bond donors (Lipinski definition) is 1. The zero-order valence-electron chi connectivity index (χ0n) is 14.8. The van der Waals surface area contributed by atoms with Crippen molar-refractivity contribution in [2.75, 3.05) is 0 Å². The van der Waals surface area contributed by atoms with E-state index in [2.05, 4.69) is 15.0 Å². The van der Waals surface area contributed by atoms with E-state index in [0.29, 0.717) is 18.5 Å². The Kier molecular flexibility index (Phi) is 4.86. The molecule has 0 fully saturated rings. The number of hydrogen-bond acceptors (Lipinski definition) is 4. The maximum Gasteiger partial charge on any atom is 0.417 e. The Morgan fingerprint density at radius 2 is 1.59 bits per heavy atom. The minimum atomic E-state index is -4.76. The molecule has 0 bridgehead atoms. The third-order valence-electron chi connectivity index (χ3n) is 4.12. The van der Waals surface area contributed by atoms with Crippen molar-refractivity contribution >= 4 is 26.2 Å². The molecule has 6 nitrogen and oxygen atoms in total. The average molecular weight is 437 g/mol. The maximum atomic E-state index is 13.1. The van der Waals surface area contributed by atoms with E-state index in [1.54, 1.807) is 0 Å². The molecule has 0 aliphatic rings. The van der Waals surface area contributed by atoms with Crippen molar-refractivity contribution < 1.29 is 30.6 Å². The molecule has 2 N–H and O–H groups in total. The summed E-state index contributed by atoms with van der Waals surface area (Å²) in [4.78, 5) is 11.0. The van der Waals surface area contributed by atoms with Crippen LogP contribution in [0.15, 0.2) is 29.4 Å². The standard InChI is InChI=1S/C16H13F6N5OS/c1-3-29(23,28)11-5-9(16(20,21)22)6-24-12(11)14-26-10-4-8(15(17,18)19)7-25-13(10)27(14)2/h3-7H,1-2H3,(H2,23,28). The zero-order chi connectivity index (χ0) is 21.8. The summed E-state index contributed by atoms with van der Waals surface area (Å²) in [5, 5.41) is 6.70. The molecule has 0 radical (unpaired) electrons.